The number of nitro benzene ring substituents is 1. The maximum absolute atomic E-state index is 12.3. The van der Waals surface area contributed by atoms with Gasteiger partial charge in [-0.1, -0.05) is 25.1 Å². The summed E-state index contributed by atoms with van der Waals surface area (Å²) in [6.45, 7) is 3.14. The zero-order chi connectivity index (χ0) is 14.7. The van der Waals surface area contributed by atoms with Crippen LogP contribution in [0.15, 0.2) is 24.3 Å². The van der Waals surface area contributed by atoms with Crippen molar-refractivity contribution in [3.8, 4) is 0 Å². The summed E-state index contributed by atoms with van der Waals surface area (Å²) in [5, 5.41) is 14.2. The minimum atomic E-state index is -0.413. The lowest BCUT2D eigenvalue weighted by molar-refractivity contribution is -0.385. The molecule has 2 unspecified atom stereocenters. The third-order valence-corrected chi connectivity index (χ3v) is 3.77. The topological polar surface area (TPSA) is 75.5 Å². The van der Waals surface area contributed by atoms with Crippen LogP contribution in [0.4, 0.5) is 5.69 Å². The predicted octanol–water partition coefficient (Wildman–Crippen LogP) is 1.55. The number of nitrogens with one attached hydrogen (secondary N) is 1. The molecule has 1 heterocycles. The summed E-state index contributed by atoms with van der Waals surface area (Å²) in [6.07, 6.45) is 0.982. The first-order valence-electron chi connectivity index (χ1n) is 6.71. The Kier molecular flexibility index (Phi) is 4.34. The van der Waals surface area contributed by atoms with Crippen molar-refractivity contribution >= 4 is 11.6 Å². The monoisotopic (exact) mass is 277 g/mol. The first-order chi connectivity index (χ1) is 9.50. The van der Waals surface area contributed by atoms with Gasteiger partial charge in [0.1, 0.15) is 0 Å². The fourth-order valence-corrected chi connectivity index (χ4v) is 2.56. The second-order valence-electron chi connectivity index (χ2n) is 5.28. The van der Waals surface area contributed by atoms with Crippen LogP contribution in [0.5, 0.6) is 0 Å². The van der Waals surface area contributed by atoms with Crippen LogP contribution in [0.2, 0.25) is 0 Å². The Balaban J connectivity index is 2.10. The van der Waals surface area contributed by atoms with E-state index in [2.05, 4.69) is 5.32 Å². The van der Waals surface area contributed by atoms with Crippen LogP contribution in [0.1, 0.15) is 18.9 Å². The molecule has 0 bridgehead atoms. The fraction of sp³-hybridized carbons (Fsp3) is 0.500. The molecular weight excluding hydrogens is 258 g/mol. The molecule has 20 heavy (non-hydrogen) atoms. The minimum Gasteiger partial charge on any atom is -0.340 e. The Bertz CT molecular complexity index is 518. The molecule has 2 rings (SSSR count). The standard InChI is InChI=1S/C14H19N3O3/c1-10-7-8-15-13(10)14(18)16(2)9-11-5-3-4-6-12(11)17(19)20/h3-6,10,13,15H,7-9H2,1-2H3. The maximum atomic E-state index is 12.3. The van der Waals surface area contributed by atoms with Gasteiger partial charge in [-0.15, -0.1) is 0 Å². The molecule has 0 radical (unpaired) electrons. The molecule has 1 aliphatic heterocycles. The lowest BCUT2D eigenvalue weighted by Crippen LogP contribution is -2.43. The van der Waals surface area contributed by atoms with Gasteiger partial charge >= 0.3 is 0 Å². The van der Waals surface area contributed by atoms with Crippen LogP contribution in [-0.2, 0) is 11.3 Å². The number of likely N-dealkylation sites (N-methyl/N-ethyl adjacent to an activating group) is 1. The van der Waals surface area contributed by atoms with E-state index in [9.17, 15) is 14.9 Å². The third-order valence-electron chi connectivity index (χ3n) is 3.77. The van der Waals surface area contributed by atoms with Crippen molar-refractivity contribution in [3.05, 3.63) is 39.9 Å². The highest BCUT2D eigenvalue weighted by Gasteiger charge is 2.31. The summed E-state index contributed by atoms with van der Waals surface area (Å²) in [5.41, 5.74) is 0.610. The normalized spacial score (nSPS) is 21.7. The second kappa shape index (κ2) is 6.00. The van der Waals surface area contributed by atoms with Gasteiger partial charge in [0.25, 0.3) is 5.69 Å². The number of carbonyl (C=O) groups excluding carboxylic acids is 1. The summed E-state index contributed by atoms with van der Waals surface area (Å²) in [4.78, 5) is 24.5. The summed E-state index contributed by atoms with van der Waals surface area (Å²) in [5.74, 6) is 0.295. The molecule has 1 fully saturated rings. The lowest BCUT2D eigenvalue weighted by Gasteiger charge is -2.23. The number of amides is 1. The van der Waals surface area contributed by atoms with Crippen molar-refractivity contribution in [2.75, 3.05) is 13.6 Å². The van der Waals surface area contributed by atoms with Gasteiger partial charge in [-0.2, -0.15) is 0 Å². The van der Waals surface area contributed by atoms with E-state index in [1.807, 2.05) is 6.92 Å². The Morgan fingerprint density at radius 2 is 2.20 bits per heavy atom. The zero-order valence-electron chi connectivity index (χ0n) is 11.7. The van der Waals surface area contributed by atoms with Gasteiger partial charge < -0.3 is 10.2 Å². The van der Waals surface area contributed by atoms with Crippen molar-refractivity contribution in [2.24, 2.45) is 5.92 Å². The second-order valence-corrected chi connectivity index (χ2v) is 5.28. The highest BCUT2D eigenvalue weighted by molar-refractivity contribution is 5.82. The van der Waals surface area contributed by atoms with Crippen LogP contribution in [0, 0.1) is 16.0 Å². The number of para-hydroxylation sites is 1. The Hall–Kier alpha value is -1.95. The molecular formula is C14H19N3O3. The van der Waals surface area contributed by atoms with Gasteiger partial charge in [-0.25, -0.2) is 0 Å². The average Bonchev–Trinajstić information content (AvgIpc) is 2.84. The van der Waals surface area contributed by atoms with Crippen LogP contribution in [-0.4, -0.2) is 35.4 Å². The van der Waals surface area contributed by atoms with E-state index in [1.165, 1.54) is 6.07 Å². The molecule has 108 valence electrons. The fourth-order valence-electron chi connectivity index (χ4n) is 2.56. The van der Waals surface area contributed by atoms with Gasteiger partial charge in [0.15, 0.2) is 0 Å². The number of nitrogens with zero attached hydrogens (tertiary/aromatic N) is 2. The average molecular weight is 277 g/mol. The molecule has 6 heteroatoms. The summed E-state index contributed by atoms with van der Waals surface area (Å²) >= 11 is 0. The number of benzene rings is 1. The summed E-state index contributed by atoms with van der Waals surface area (Å²) in [7, 11) is 1.69. The minimum absolute atomic E-state index is 0.00634. The number of rotatable bonds is 4. The smallest absolute Gasteiger partial charge is 0.274 e. The van der Waals surface area contributed by atoms with E-state index in [4.69, 9.17) is 0 Å². The molecule has 1 N–H and O–H groups in total. The maximum Gasteiger partial charge on any atom is 0.274 e. The van der Waals surface area contributed by atoms with Gasteiger partial charge in [0.05, 0.1) is 17.5 Å². The van der Waals surface area contributed by atoms with Gasteiger partial charge in [-0.05, 0) is 18.9 Å². The molecule has 2 atom stereocenters. The van der Waals surface area contributed by atoms with Gasteiger partial charge in [-0.3, -0.25) is 14.9 Å². The molecule has 0 aromatic heterocycles. The molecule has 1 aliphatic rings. The van der Waals surface area contributed by atoms with Crippen LogP contribution in [0.25, 0.3) is 0 Å². The molecule has 1 aromatic carbocycles. The molecule has 0 saturated carbocycles. The van der Waals surface area contributed by atoms with Crippen LogP contribution < -0.4 is 5.32 Å². The van der Waals surface area contributed by atoms with Crippen LogP contribution >= 0.6 is 0 Å². The third kappa shape index (κ3) is 2.96. The quantitative estimate of drug-likeness (QED) is 0.669. The zero-order valence-corrected chi connectivity index (χ0v) is 11.7. The van der Waals surface area contributed by atoms with Crippen molar-refractivity contribution in [3.63, 3.8) is 0 Å². The van der Waals surface area contributed by atoms with Crippen molar-refractivity contribution in [1.29, 1.82) is 0 Å². The van der Waals surface area contributed by atoms with Crippen molar-refractivity contribution < 1.29 is 9.72 Å². The lowest BCUT2D eigenvalue weighted by atomic mass is 10.0. The molecule has 6 nitrogen and oxygen atoms in total. The molecule has 1 amide bonds. The van der Waals surface area contributed by atoms with E-state index < -0.39 is 4.92 Å². The summed E-state index contributed by atoms with van der Waals surface area (Å²) in [6, 6.07) is 6.35. The molecule has 1 saturated heterocycles. The SMILES string of the molecule is CC1CCNC1C(=O)N(C)Cc1ccccc1[N+](=O)[O-]. The van der Waals surface area contributed by atoms with E-state index in [0.717, 1.165) is 13.0 Å². The number of carbonyl (C=O) groups is 1. The largest absolute Gasteiger partial charge is 0.340 e. The molecule has 0 spiro atoms. The van der Waals surface area contributed by atoms with Gasteiger partial charge in [0, 0.05) is 18.7 Å². The molecule has 1 aromatic rings. The number of nitro groups is 1. The number of hydrogen-bond donors (Lipinski definition) is 1. The Morgan fingerprint density at radius 3 is 2.80 bits per heavy atom. The highest BCUT2D eigenvalue weighted by Crippen LogP contribution is 2.21. The summed E-state index contributed by atoms with van der Waals surface area (Å²) < 4.78 is 0. The Morgan fingerprint density at radius 1 is 1.50 bits per heavy atom. The molecule has 0 aliphatic carbocycles. The van der Waals surface area contributed by atoms with Crippen molar-refractivity contribution in [1.82, 2.24) is 10.2 Å². The van der Waals surface area contributed by atoms with Gasteiger partial charge in [0.2, 0.25) is 5.91 Å². The van der Waals surface area contributed by atoms with E-state index in [1.54, 1.807) is 30.1 Å². The van der Waals surface area contributed by atoms with E-state index >= 15 is 0 Å². The Labute approximate surface area is 117 Å². The first-order valence-corrected chi connectivity index (χ1v) is 6.71. The van der Waals surface area contributed by atoms with E-state index in [-0.39, 0.29) is 24.2 Å². The van der Waals surface area contributed by atoms with E-state index in [0.29, 0.717) is 11.5 Å². The number of hydrogen-bond acceptors (Lipinski definition) is 4. The highest BCUT2D eigenvalue weighted by atomic mass is 16.6. The van der Waals surface area contributed by atoms with Crippen LogP contribution in [0.3, 0.4) is 0 Å². The predicted molar refractivity (Wildman–Crippen MR) is 75.1 cm³/mol. The van der Waals surface area contributed by atoms with Crippen molar-refractivity contribution in [2.45, 2.75) is 25.9 Å². The first kappa shape index (κ1) is 14.5.